The van der Waals surface area contributed by atoms with E-state index in [0.29, 0.717) is 31.6 Å². The monoisotopic (exact) mass is 561 g/mol. The van der Waals surface area contributed by atoms with Gasteiger partial charge < -0.3 is 29.3 Å². The van der Waals surface area contributed by atoms with E-state index in [1.165, 1.54) is 21.3 Å². The summed E-state index contributed by atoms with van der Waals surface area (Å²) in [6.07, 6.45) is 5.41. The zero-order valence-electron chi connectivity index (χ0n) is 22.7. The number of urea groups is 1. The first kappa shape index (κ1) is 28.8. The Bertz CT molecular complexity index is 1200. The van der Waals surface area contributed by atoms with Crippen molar-refractivity contribution in [3.8, 4) is 11.5 Å². The number of fused-ring (bicyclic) bond motifs is 1. The zero-order valence-corrected chi connectivity index (χ0v) is 22.7. The lowest BCUT2D eigenvalue weighted by Gasteiger charge is -2.47. The molecule has 3 aliphatic heterocycles. The van der Waals surface area contributed by atoms with E-state index in [1.807, 2.05) is 0 Å². The van der Waals surface area contributed by atoms with Crippen LogP contribution in [0.25, 0.3) is 0 Å². The number of amides is 4. The molecule has 2 atom stereocenters. The van der Waals surface area contributed by atoms with Gasteiger partial charge in [0.2, 0.25) is 5.91 Å². The van der Waals surface area contributed by atoms with Gasteiger partial charge in [0, 0.05) is 44.4 Å². The van der Waals surface area contributed by atoms with Crippen LogP contribution in [0, 0.1) is 23.5 Å². The fraction of sp³-hybridized carbons (Fsp3) is 0.481. The van der Waals surface area contributed by atoms with E-state index in [4.69, 9.17) is 14.2 Å². The first-order chi connectivity index (χ1) is 19.2. The molecule has 11 nitrogen and oxygen atoms in total. The van der Waals surface area contributed by atoms with Gasteiger partial charge in [-0.15, -0.1) is 0 Å². The molecule has 2 fully saturated rings. The predicted octanol–water partition coefficient (Wildman–Crippen LogP) is 2.96. The summed E-state index contributed by atoms with van der Waals surface area (Å²) in [5.74, 6) is -3.30. The highest BCUT2D eigenvalue weighted by Crippen LogP contribution is 2.40. The molecule has 4 rings (SSSR count). The van der Waals surface area contributed by atoms with Crippen molar-refractivity contribution >= 4 is 29.9 Å². The van der Waals surface area contributed by atoms with Crippen LogP contribution in [-0.4, -0.2) is 94.1 Å². The highest BCUT2D eigenvalue weighted by Gasteiger charge is 2.44. The average molecular weight is 562 g/mol. The number of piperidine rings is 1. The van der Waals surface area contributed by atoms with E-state index in [2.05, 4.69) is 16.9 Å². The van der Waals surface area contributed by atoms with E-state index in [-0.39, 0.29) is 43.0 Å². The maximum Gasteiger partial charge on any atom is 0.409 e. The summed E-state index contributed by atoms with van der Waals surface area (Å²) >= 11 is 0. The molecule has 3 heterocycles. The van der Waals surface area contributed by atoms with Crippen molar-refractivity contribution < 1.29 is 37.4 Å². The Kier molecular flexibility index (Phi) is 8.90. The van der Waals surface area contributed by atoms with Crippen molar-refractivity contribution in [2.45, 2.75) is 18.9 Å². The molecule has 13 heteroatoms. The predicted molar refractivity (Wildman–Crippen MR) is 143 cm³/mol. The summed E-state index contributed by atoms with van der Waals surface area (Å²) in [6, 6.07) is 0.0345. The first-order valence-electron chi connectivity index (χ1n) is 12.9. The third kappa shape index (κ3) is 5.73. The number of likely N-dealkylation sites (tertiary alicyclic amines) is 1. The molecule has 0 aromatic heterocycles. The lowest BCUT2D eigenvalue weighted by atomic mass is 9.89. The van der Waals surface area contributed by atoms with Gasteiger partial charge in [0.1, 0.15) is 5.69 Å². The summed E-state index contributed by atoms with van der Waals surface area (Å²) in [5.41, 5.74) is -0.0183. The van der Waals surface area contributed by atoms with Crippen LogP contribution in [0.3, 0.4) is 0 Å². The molecule has 2 saturated heterocycles. The number of benzene rings is 1. The van der Waals surface area contributed by atoms with Crippen molar-refractivity contribution in [1.82, 2.24) is 15.1 Å². The molecule has 0 saturated carbocycles. The lowest BCUT2D eigenvalue weighted by Crippen LogP contribution is -2.61. The SMILES string of the molecule is C=CC(=O)NCC1=CC2C(C=N1)CN(c1c(F)c(OC)cc(OC)c1F)C(=O)N2CC1CCN(C(=O)OC)CC1. The quantitative estimate of drug-likeness (QED) is 0.489. The topological polar surface area (TPSA) is 113 Å². The molecule has 3 aliphatic rings. The molecule has 216 valence electrons. The molecule has 0 bridgehead atoms. The van der Waals surface area contributed by atoms with Crippen LogP contribution < -0.4 is 19.7 Å². The van der Waals surface area contributed by atoms with Crippen LogP contribution in [0.15, 0.2) is 35.5 Å². The molecule has 1 N–H and O–H groups in total. The number of carbonyl (C=O) groups is 3. The third-order valence-electron chi connectivity index (χ3n) is 7.42. The van der Waals surface area contributed by atoms with Crippen LogP contribution in [0.4, 0.5) is 24.1 Å². The second-order valence-corrected chi connectivity index (χ2v) is 9.72. The summed E-state index contributed by atoms with van der Waals surface area (Å²) < 4.78 is 45.9. The summed E-state index contributed by atoms with van der Waals surface area (Å²) in [7, 11) is 3.81. The molecule has 0 radical (unpaired) electrons. The molecule has 1 aromatic carbocycles. The average Bonchev–Trinajstić information content (AvgIpc) is 2.97. The first-order valence-corrected chi connectivity index (χ1v) is 12.9. The van der Waals surface area contributed by atoms with Gasteiger partial charge in [0.05, 0.1) is 39.6 Å². The van der Waals surface area contributed by atoms with Gasteiger partial charge in [-0.2, -0.15) is 0 Å². The maximum absolute atomic E-state index is 15.5. The minimum atomic E-state index is -1.02. The molecule has 40 heavy (non-hydrogen) atoms. The second kappa shape index (κ2) is 12.3. The number of methoxy groups -OCH3 is 3. The zero-order chi connectivity index (χ0) is 29.0. The van der Waals surface area contributed by atoms with Gasteiger partial charge in [-0.3, -0.25) is 14.7 Å². The number of rotatable bonds is 8. The second-order valence-electron chi connectivity index (χ2n) is 9.72. The van der Waals surface area contributed by atoms with Crippen LogP contribution in [0.2, 0.25) is 0 Å². The standard InChI is InChI=1S/C27H33F2N5O6/c1-5-22(35)31-13-18-10-19-17(12-30-18)15-34(25-23(28)20(38-2)11-21(39-3)24(25)29)26(36)33(19)14-16-6-8-32(9-7-16)27(37)40-4/h5,10-12,16-17,19H,1,6-9,13-15H2,2-4H3,(H,31,35). The number of hydrogen-bond donors (Lipinski definition) is 1. The van der Waals surface area contributed by atoms with E-state index < -0.39 is 41.4 Å². The van der Waals surface area contributed by atoms with Gasteiger partial charge >= 0.3 is 12.1 Å². The molecule has 0 spiro atoms. The van der Waals surface area contributed by atoms with Crippen molar-refractivity contribution in [3.63, 3.8) is 0 Å². The van der Waals surface area contributed by atoms with Crippen LogP contribution in [0.1, 0.15) is 12.8 Å². The fourth-order valence-electron chi connectivity index (χ4n) is 5.25. The van der Waals surface area contributed by atoms with Crippen molar-refractivity contribution in [2.75, 3.05) is 59.0 Å². The van der Waals surface area contributed by atoms with Crippen molar-refractivity contribution in [3.05, 3.63) is 42.1 Å². The molecular weight excluding hydrogens is 528 g/mol. The minimum Gasteiger partial charge on any atom is -0.493 e. The normalized spacial score (nSPS) is 21.0. The number of carbonyl (C=O) groups excluding carboxylic acids is 3. The summed E-state index contributed by atoms with van der Waals surface area (Å²) in [5, 5.41) is 2.67. The smallest absolute Gasteiger partial charge is 0.409 e. The maximum atomic E-state index is 15.5. The Labute approximate surface area is 231 Å². The number of nitrogens with one attached hydrogen (secondary N) is 1. The van der Waals surface area contributed by atoms with Crippen molar-refractivity contribution in [2.24, 2.45) is 16.8 Å². The Morgan fingerprint density at radius 1 is 1.15 bits per heavy atom. The van der Waals surface area contributed by atoms with Crippen LogP contribution in [-0.2, 0) is 9.53 Å². The largest absolute Gasteiger partial charge is 0.493 e. The minimum absolute atomic E-state index is 0.0242. The van der Waals surface area contributed by atoms with Gasteiger partial charge in [0.15, 0.2) is 23.1 Å². The molecule has 0 aliphatic carbocycles. The highest BCUT2D eigenvalue weighted by atomic mass is 19.1. The summed E-state index contributed by atoms with van der Waals surface area (Å²) in [4.78, 5) is 46.3. The number of anilines is 1. The molecule has 2 unspecified atom stereocenters. The Balaban J connectivity index is 1.66. The van der Waals surface area contributed by atoms with E-state index in [0.717, 1.165) is 17.0 Å². The Morgan fingerprint density at radius 2 is 1.80 bits per heavy atom. The number of hydrogen-bond acceptors (Lipinski definition) is 7. The third-order valence-corrected chi connectivity index (χ3v) is 7.42. The number of halogens is 2. The number of nitrogens with zero attached hydrogens (tertiary/aromatic N) is 4. The number of aliphatic imine (C=N–C) groups is 1. The van der Waals surface area contributed by atoms with Gasteiger partial charge in [-0.25, -0.2) is 18.4 Å². The van der Waals surface area contributed by atoms with E-state index in [1.54, 1.807) is 22.1 Å². The molecule has 1 aromatic rings. The molecule has 4 amide bonds. The fourth-order valence-corrected chi connectivity index (χ4v) is 5.25. The highest BCUT2D eigenvalue weighted by molar-refractivity contribution is 5.96. The molecular formula is C27H33F2N5O6. The van der Waals surface area contributed by atoms with E-state index >= 15 is 8.78 Å². The van der Waals surface area contributed by atoms with Gasteiger partial charge in [-0.1, -0.05) is 6.58 Å². The van der Waals surface area contributed by atoms with Gasteiger partial charge in [-0.05, 0) is 30.9 Å². The van der Waals surface area contributed by atoms with Crippen LogP contribution >= 0.6 is 0 Å². The lowest BCUT2D eigenvalue weighted by molar-refractivity contribution is -0.116. The number of ether oxygens (including phenoxy) is 3. The van der Waals surface area contributed by atoms with Crippen molar-refractivity contribution in [1.29, 1.82) is 0 Å². The Hall–Kier alpha value is -4.16. The Morgan fingerprint density at radius 3 is 2.38 bits per heavy atom. The van der Waals surface area contributed by atoms with Gasteiger partial charge in [0.25, 0.3) is 0 Å². The summed E-state index contributed by atoms with van der Waals surface area (Å²) in [6.45, 7) is 4.73. The van der Waals surface area contributed by atoms with E-state index in [9.17, 15) is 14.4 Å². The van der Waals surface area contributed by atoms with Crippen LogP contribution in [0.5, 0.6) is 11.5 Å².